The molecule has 4 rings (SSSR count). The number of anilines is 1. The first-order valence-electron chi connectivity index (χ1n) is 10.1. The summed E-state index contributed by atoms with van der Waals surface area (Å²) < 4.78 is 1.95. The molecule has 0 bridgehead atoms. The molecule has 7 nitrogen and oxygen atoms in total. The van der Waals surface area contributed by atoms with Gasteiger partial charge in [0.2, 0.25) is 5.91 Å². The number of nitrogens with zero attached hydrogens (tertiary/aromatic N) is 5. The first kappa shape index (κ1) is 19.3. The van der Waals surface area contributed by atoms with Crippen LogP contribution in [0.5, 0.6) is 0 Å². The molecule has 150 valence electrons. The number of aromatic nitrogens is 2. The Morgan fingerprint density at radius 3 is 2.83 bits per heavy atom. The van der Waals surface area contributed by atoms with E-state index in [9.17, 15) is 4.79 Å². The summed E-state index contributed by atoms with van der Waals surface area (Å²) in [4.78, 5) is 14.9. The number of hydrogen-bond donors (Lipinski definition) is 1. The third-order valence-electron chi connectivity index (χ3n) is 5.59. The minimum Gasteiger partial charge on any atom is -0.311 e. The van der Waals surface area contributed by atoms with Gasteiger partial charge in [0.1, 0.15) is 5.82 Å². The highest BCUT2D eigenvalue weighted by atomic mass is 16.1. The van der Waals surface area contributed by atoms with Crippen molar-refractivity contribution in [2.45, 2.75) is 50.4 Å². The van der Waals surface area contributed by atoms with E-state index in [0.29, 0.717) is 25.7 Å². The summed E-state index contributed by atoms with van der Waals surface area (Å²) in [5.41, 5.74) is 0.893. The highest BCUT2D eigenvalue weighted by molar-refractivity contribution is 5.89. The van der Waals surface area contributed by atoms with E-state index in [0.717, 1.165) is 31.9 Å². The van der Waals surface area contributed by atoms with E-state index in [4.69, 9.17) is 6.42 Å². The van der Waals surface area contributed by atoms with Crippen molar-refractivity contribution < 1.29 is 4.79 Å². The molecule has 1 aromatic carbocycles. The van der Waals surface area contributed by atoms with Crippen molar-refractivity contribution in [3.05, 3.63) is 48.2 Å². The Morgan fingerprint density at radius 2 is 2.07 bits per heavy atom. The Bertz CT molecular complexity index is 907. The van der Waals surface area contributed by atoms with Gasteiger partial charge in [-0.05, 0) is 12.0 Å². The molecule has 2 aliphatic heterocycles. The molecule has 0 spiro atoms. The number of carbonyl (C=O) groups is 1. The van der Waals surface area contributed by atoms with E-state index in [1.807, 2.05) is 16.8 Å². The van der Waals surface area contributed by atoms with Crippen LogP contribution in [-0.2, 0) is 11.3 Å². The summed E-state index contributed by atoms with van der Waals surface area (Å²) in [6, 6.07) is 12.6. The molecular formula is C22H26N6O. The van der Waals surface area contributed by atoms with E-state index in [1.165, 1.54) is 5.56 Å². The molecule has 1 fully saturated rings. The smallest absolute Gasteiger partial charge is 0.225 e. The molecule has 1 aromatic heterocycles. The standard InChI is InChI=1S/C22H26N6O/c1-2-3-12-22(25-26-22)13-9-21(29)24-20-10-14-23-28(20)19-11-15-27(17-19)16-18-7-5-4-6-8-18/h1,4-8,10,14,19H,3,9,11-13,15-17H2,(H,24,29). The van der Waals surface area contributed by atoms with Crippen molar-refractivity contribution in [2.75, 3.05) is 18.4 Å². The molecule has 1 unspecified atom stereocenters. The third kappa shape index (κ3) is 4.90. The van der Waals surface area contributed by atoms with Crippen LogP contribution in [0, 0.1) is 12.3 Å². The predicted molar refractivity (Wildman–Crippen MR) is 111 cm³/mol. The van der Waals surface area contributed by atoms with Gasteiger partial charge in [0, 0.05) is 51.4 Å². The molecule has 1 saturated heterocycles. The van der Waals surface area contributed by atoms with E-state index in [2.05, 4.69) is 55.7 Å². The zero-order valence-electron chi connectivity index (χ0n) is 16.5. The lowest BCUT2D eigenvalue weighted by Crippen LogP contribution is -2.23. The number of benzene rings is 1. The minimum atomic E-state index is -0.423. The van der Waals surface area contributed by atoms with Crippen LogP contribution in [0.4, 0.5) is 5.82 Å². The molecule has 1 amide bonds. The van der Waals surface area contributed by atoms with Crippen LogP contribution in [-0.4, -0.2) is 39.3 Å². The Morgan fingerprint density at radius 1 is 1.24 bits per heavy atom. The molecule has 29 heavy (non-hydrogen) atoms. The zero-order valence-corrected chi connectivity index (χ0v) is 16.5. The molecule has 0 radical (unpaired) electrons. The van der Waals surface area contributed by atoms with E-state index in [-0.39, 0.29) is 11.9 Å². The SMILES string of the molecule is C#CCCC1(CCC(=O)Nc2ccnn2C2CCN(Cc3ccccc3)C2)N=N1. The van der Waals surface area contributed by atoms with E-state index in [1.54, 1.807) is 6.20 Å². The average Bonchev–Trinajstić information content (AvgIpc) is 3.11. The Hall–Kier alpha value is -2.98. The van der Waals surface area contributed by atoms with Crippen LogP contribution in [0.1, 0.15) is 43.7 Å². The lowest BCUT2D eigenvalue weighted by Gasteiger charge is -2.18. The van der Waals surface area contributed by atoms with Gasteiger partial charge < -0.3 is 5.32 Å². The molecule has 1 N–H and O–H groups in total. The third-order valence-corrected chi connectivity index (χ3v) is 5.59. The van der Waals surface area contributed by atoms with Crippen molar-refractivity contribution in [2.24, 2.45) is 10.2 Å². The second-order valence-electron chi connectivity index (χ2n) is 7.76. The number of likely N-dealkylation sites (tertiary alicyclic amines) is 1. The summed E-state index contributed by atoms with van der Waals surface area (Å²) in [7, 11) is 0. The lowest BCUT2D eigenvalue weighted by molar-refractivity contribution is -0.116. The molecule has 2 aliphatic rings. The highest BCUT2D eigenvalue weighted by Crippen LogP contribution is 2.37. The van der Waals surface area contributed by atoms with Crippen LogP contribution in [0.2, 0.25) is 0 Å². The summed E-state index contributed by atoms with van der Waals surface area (Å²) in [5.74, 6) is 3.32. The second kappa shape index (κ2) is 8.58. The van der Waals surface area contributed by atoms with E-state index >= 15 is 0 Å². The van der Waals surface area contributed by atoms with Gasteiger partial charge in [-0.3, -0.25) is 9.69 Å². The van der Waals surface area contributed by atoms with Crippen molar-refractivity contribution in [1.82, 2.24) is 14.7 Å². The fourth-order valence-electron chi connectivity index (χ4n) is 3.89. The number of nitrogens with one attached hydrogen (secondary N) is 1. The van der Waals surface area contributed by atoms with Crippen LogP contribution in [0.25, 0.3) is 0 Å². The van der Waals surface area contributed by atoms with Gasteiger partial charge in [0.25, 0.3) is 0 Å². The van der Waals surface area contributed by atoms with Crippen molar-refractivity contribution >= 4 is 11.7 Å². The number of hydrogen-bond acceptors (Lipinski definition) is 5. The maximum Gasteiger partial charge on any atom is 0.225 e. The average molecular weight is 390 g/mol. The highest BCUT2D eigenvalue weighted by Gasteiger charge is 2.39. The first-order chi connectivity index (χ1) is 14.2. The van der Waals surface area contributed by atoms with Gasteiger partial charge in [0.05, 0.1) is 12.2 Å². The summed E-state index contributed by atoms with van der Waals surface area (Å²) in [5, 5.41) is 15.7. The first-order valence-corrected chi connectivity index (χ1v) is 10.1. The monoisotopic (exact) mass is 390 g/mol. The normalized spacial score (nSPS) is 19.8. The Balaban J connectivity index is 1.28. The summed E-state index contributed by atoms with van der Waals surface area (Å²) >= 11 is 0. The number of carbonyl (C=O) groups excluding carboxylic acids is 1. The van der Waals surface area contributed by atoms with Crippen molar-refractivity contribution in [3.63, 3.8) is 0 Å². The number of rotatable bonds is 9. The van der Waals surface area contributed by atoms with Gasteiger partial charge in [-0.2, -0.15) is 15.3 Å². The van der Waals surface area contributed by atoms with Gasteiger partial charge in [-0.25, -0.2) is 4.68 Å². The topological polar surface area (TPSA) is 74.9 Å². The fourth-order valence-corrected chi connectivity index (χ4v) is 3.89. The van der Waals surface area contributed by atoms with Crippen LogP contribution in [0.15, 0.2) is 52.8 Å². The second-order valence-corrected chi connectivity index (χ2v) is 7.76. The summed E-state index contributed by atoms with van der Waals surface area (Å²) in [6.45, 7) is 2.88. The molecule has 0 saturated carbocycles. The maximum atomic E-state index is 12.4. The quantitative estimate of drug-likeness (QED) is 0.665. The zero-order chi connectivity index (χ0) is 20.1. The maximum absolute atomic E-state index is 12.4. The Labute approximate surface area is 171 Å². The van der Waals surface area contributed by atoms with Crippen molar-refractivity contribution in [3.8, 4) is 12.3 Å². The molecule has 2 aromatic rings. The number of amides is 1. The van der Waals surface area contributed by atoms with Crippen LogP contribution in [0.3, 0.4) is 0 Å². The lowest BCUT2D eigenvalue weighted by atomic mass is 10.0. The van der Waals surface area contributed by atoms with Gasteiger partial charge >= 0.3 is 0 Å². The molecule has 1 atom stereocenters. The van der Waals surface area contributed by atoms with Gasteiger partial charge in [-0.1, -0.05) is 30.3 Å². The molecular weight excluding hydrogens is 364 g/mol. The Kier molecular flexibility index (Phi) is 5.72. The predicted octanol–water partition coefficient (Wildman–Crippen LogP) is 3.62. The largest absolute Gasteiger partial charge is 0.311 e. The number of terminal acetylenes is 1. The van der Waals surface area contributed by atoms with E-state index < -0.39 is 5.66 Å². The molecule has 0 aliphatic carbocycles. The minimum absolute atomic E-state index is 0.0386. The molecule has 7 heteroatoms. The van der Waals surface area contributed by atoms with Crippen LogP contribution < -0.4 is 5.32 Å². The van der Waals surface area contributed by atoms with Gasteiger partial charge in [-0.15, -0.1) is 12.3 Å². The van der Waals surface area contributed by atoms with Gasteiger partial charge in [0.15, 0.2) is 5.66 Å². The fraction of sp³-hybridized carbons (Fsp3) is 0.455. The molecule has 3 heterocycles. The van der Waals surface area contributed by atoms with Crippen LogP contribution >= 0.6 is 0 Å². The van der Waals surface area contributed by atoms with Crippen molar-refractivity contribution in [1.29, 1.82) is 0 Å². The summed E-state index contributed by atoms with van der Waals surface area (Å²) in [6.07, 6.45) is 10.4.